The maximum atomic E-state index is 13.3. The summed E-state index contributed by atoms with van der Waals surface area (Å²) in [5.74, 6) is -2.73. The fraction of sp³-hybridized carbons (Fsp3) is 0.462. The lowest BCUT2D eigenvalue weighted by Crippen LogP contribution is -2.40. The molecule has 22 heavy (non-hydrogen) atoms. The maximum Gasteiger partial charge on any atom is 0.401 e. The van der Waals surface area contributed by atoms with E-state index in [1.807, 2.05) is 0 Å². The first kappa shape index (κ1) is 18.3. The van der Waals surface area contributed by atoms with E-state index >= 15 is 0 Å². The minimum absolute atomic E-state index is 0.0638. The summed E-state index contributed by atoms with van der Waals surface area (Å²) in [6, 6.07) is 2.44. The van der Waals surface area contributed by atoms with Crippen LogP contribution in [0.2, 0.25) is 0 Å². The van der Waals surface area contributed by atoms with Crippen molar-refractivity contribution in [2.45, 2.75) is 12.6 Å². The van der Waals surface area contributed by atoms with E-state index in [9.17, 15) is 26.7 Å². The average Bonchev–Trinajstić information content (AvgIpc) is 2.37. The first-order chi connectivity index (χ1) is 10.2. The summed E-state index contributed by atoms with van der Waals surface area (Å²) in [4.78, 5) is 12.5. The van der Waals surface area contributed by atoms with E-state index in [2.05, 4.69) is 5.32 Å². The van der Waals surface area contributed by atoms with Crippen molar-refractivity contribution in [3.63, 3.8) is 0 Å². The predicted molar refractivity (Wildman–Crippen MR) is 69.2 cm³/mol. The summed E-state index contributed by atoms with van der Waals surface area (Å²) in [5.41, 5.74) is -0.319. The van der Waals surface area contributed by atoms with E-state index in [0.717, 1.165) is 17.0 Å². The van der Waals surface area contributed by atoms with Crippen LogP contribution in [0.5, 0.6) is 0 Å². The van der Waals surface area contributed by atoms with E-state index in [4.69, 9.17) is 5.11 Å². The van der Waals surface area contributed by atoms with Crippen molar-refractivity contribution < 1.29 is 31.9 Å². The molecule has 0 unspecified atom stereocenters. The number of aliphatic hydroxyl groups excluding tert-OH is 1. The largest absolute Gasteiger partial charge is 0.401 e. The van der Waals surface area contributed by atoms with Crippen LogP contribution >= 0.6 is 0 Å². The molecule has 0 bridgehead atoms. The number of hydrogen-bond donors (Lipinski definition) is 2. The van der Waals surface area contributed by atoms with Crippen LogP contribution in [0.3, 0.4) is 0 Å². The number of nitrogens with one attached hydrogen (secondary N) is 1. The Bertz CT molecular complexity index is 508. The summed E-state index contributed by atoms with van der Waals surface area (Å²) < 4.78 is 63.2. The Balaban J connectivity index is 2.65. The third-order valence-electron chi connectivity index (χ3n) is 2.61. The number of rotatable bonds is 7. The van der Waals surface area contributed by atoms with Gasteiger partial charge in [-0.05, 0) is 18.6 Å². The molecular weight excluding hydrogens is 311 g/mol. The van der Waals surface area contributed by atoms with Gasteiger partial charge in [0, 0.05) is 19.2 Å². The predicted octanol–water partition coefficient (Wildman–Crippen LogP) is 2.15. The lowest BCUT2D eigenvalue weighted by Gasteiger charge is -2.22. The number of hydrogen-bond acceptors (Lipinski definition) is 3. The number of carbonyl (C=O) groups is 1. The highest BCUT2D eigenvalue weighted by Crippen LogP contribution is 2.17. The Morgan fingerprint density at radius 1 is 1.27 bits per heavy atom. The highest BCUT2D eigenvalue weighted by atomic mass is 19.4. The second-order valence-electron chi connectivity index (χ2n) is 4.58. The minimum Gasteiger partial charge on any atom is -0.396 e. The molecule has 1 aromatic carbocycles. The molecule has 124 valence electrons. The third-order valence-corrected chi connectivity index (χ3v) is 2.61. The lowest BCUT2D eigenvalue weighted by atomic mass is 10.3. The number of halogens is 5. The van der Waals surface area contributed by atoms with Gasteiger partial charge in [0.2, 0.25) is 5.91 Å². The average molecular weight is 326 g/mol. The Morgan fingerprint density at radius 3 is 2.50 bits per heavy atom. The number of anilines is 1. The van der Waals surface area contributed by atoms with Gasteiger partial charge in [-0.15, -0.1) is 0 Å². The van der Waals surface area contributed by atoms with Crippen LogP contribution in [0.15, 0.2) is 18.2 Å². The van der Waals surface area contributed by atoms with Crippen LogP contribution in [-0.2, 0) is 4.79 Å². The molecule has 0 radical (unpaired) electrons. The molecule has 0 saturated heterocycles. The molecule has 1 rings (SSSR count). The molecule has 0 spiro atoms. The quantitative estimate of drug-likeness (QED) is 0.755. The molecule has 0 aliphatic heterocycles. The summed E-state index contributed by atoms with van der Waals surface area (Å²) in [5, 5.41) is 10.7. The van der Waals surface area contributed by atoms with Gasteiger partial charge in [-0.3, -0.25) is 9.69 Å². The maximum absolute atomic E-state index is 13.3. The van der Waals surface area contributed by atoms with Crippen molar-refractivity contribution >= 4 is 11.6 Å². The number of alkyl halides is 3. The second-order valence-corrected chi connectivity index (χ2v) is 4.58. The van der Waals surface area contributed by atoms with Gasteiger partial charge in [0.05, 0.1) is 18.8 Å². The van der Waals surface area contributed by atoms with Gasteiger partial charge >= 0.3 is 6.18 Å². The monoisotopic (exact) mass is 326 g/mol. The van der Waals surface area contributed by atoms with Crippen LogP contribution in [-0.4, -0.2) is 48.3 Å². The van der Waals surface area contributed by atoms with Crippen LogP contribution in [0.4, 0.5) is 27.6 Å². The van der Waals surface area contributed by atoms with Crippen LogP contribution < -0.4 is 5.32 Å². The summed E-state index contributed by atoms with van der Waals surface area (Å²) in [7, 11) is 0. The third kappa shape index (κ3) is 6.81. The second kappa shape index (κ2) is 8.04. The molecule has 9 heteroatoms. The van der Waals surface area contributed by atoms with Gasteiger partial charge in [-0.25, -0.2) is 8.78 Å². The Kier molecular flexibility index (Phi) is 6.69. The van der Waals surface area contributed by atoms with E-state index in [-0.39, 0.29) is 25.3 Å². The fourth-order valence-electron chi connectivity index (χ4n) is 1.75. The Morgan fingerprint density at radius 2 is 1.95 bits per heavy atom. The van der Waals surface area contributed by atoms with Crippen molar-refractivity contribution in [3.05, 3.63) is 29.8 Å². The van der Waals surface area contributed by atoms with E-state index < -0.39 is 36.8 Å². The van der Waals surface area contributed by atoms with Gasteiger partial charge in [-0.2, -0.15) is 13.2 Å². The van der Waals surface area contributed by atoms with Gasteiger partial charge in [0.1, 0.15) is 11.6 Å². The highest BCUT2D eigenvalue weighted by molar-refractivity contribution is 5.92. The SMILES string of the molecule is O=C(CN(CCCO)CC(F)(F)F)Nc1ccc(F)cc1F. The molecule has 0 aliphatic rings. The molecule has 4 nitrogen and oxygen atoms in total. The Labute approximate surface area is 123 Å². The number of carbonyl (C=O) groups excluding carboxylic acids is 1. The molecule has 1 aromatic rings. The van der Waals surface area contributed by atoms with Gasteiger partial charge < -0.3 is 10.4 Å². The van der Waals surface area contributed by atoms with Gasteiger partial charge in [-0.1, -0.05) is 0 Å². The van der Waals surface area contributed by atoms with Crippen LogP contribution in [0.1, 0.15) is 6.42 Å². The molecule has 0 atom stereocenters. The molecule has 0 heterocycles. The van der Waals surface area contributed by atoms with E-state index in [1.165, 1.54) is 0 Å². The fourth-order valence-corrected chi connectivity index (χ4v) is 1.75. The first-order valence-corrected chi connectivity index (χ1v) is 6.36. The van der Waals surface area contributed by atoms with Gasteiger partial charge in [0.25, 0.3) is 0 Å². The first-order valence-electron chi connectivity index (χ1n) is 6.36. The highest BCUT2D eigenvalue weighted by Gasteiger charge is 2.31. The van der Waals surface area contributed by atoms with Crippen molar-refractivity contribution in [1.29, 1.82) is 0 Å². The zero-order valence-electron chi connectivity index (χ0n) is 11.5. The molecule has 1 amide bonds. The molecule has 0 aliphatic carbocycles. The van der Waals surface area contributed by atoms with Crippen LogP contribution in [0.25, 0.3) is 0 Å². The molecular formula is C13H15F5N2O2. The zero-order valence-corrected chi connectivity index (χ0v) is 11.5. The summed E-state index contributed by atoms with van der Waals surface area (Å²) in [6.07, 6.45) is -4.44. The number of amides is 1. The topological polar surface area (TPSA) is 52.6 Å². The minimum atomic E-state index is -4.50. The zero-order chi connectivity index (χ0) is 16.8. The Hall–Kier alpha value is -1.74. The van der Waals surface area contributed by atoms with Crippen molar-refractivity contribution in [1.82, 2.24) is 4.90 Å². The molecule has 0 saturated carbocycles. The smallest absolute Gasteiger partial charge is 0.396 e. The number of benzene rings is 1. The number of aliphatic hydroxyl groups is 1. The summed E-state index contributed by atoms with van der Waals surface area (Å²) >= 11 is 0. The molecule has 0 aromatic heterocycles. The lowest BCUT2D eigenvalue weighted by molar-refractivity contribution is -0.148. The normalized spacial score (nSPS) is 11.8. The summed E-state index contributed by atoms with van der Waals surface area (Å²) in [6.45, 7) is -2.42. The van der Waals surface area contributed by atoms with Crippen molar-refractivity contribution in [2.24, 2.45) is 0 Å². The van der Waals surface area contributed by atoms with Gasteiger partial charge in [0.15, 0.2) is 0 Å². The molecule has 0 fully saturated rings. The van der Waals surface area contributed by atoms with Crippen LogP contribution in [0, 0.1) is 11.6 Å². The van der Waals surface area contributed by atoms with Crippen molar-refractivity contribution in [3.8, 4) is 0 Å². The molecule has 2 N–H and O–H groups in total. The van der Waals surface area contributed by atoms with E-state index in [0.29, 0.717) is 6.07 Å². The van der Waals surface area contributed by atoms with Crippen molar-refractivity contribution in [2.75, 3.05) is 31.6 Å². The standard InChI is InChI=1S/C13H15F5N2O2/c14-9-2-3-11(10(15)6-9)19-12(22)7-20(4-1-5-21)8-13(16,17)18/h2-3,6,21H,1,4-5,7-8H2,(H,19,22). The number of nitrogens with zero attached hydrogens (tertiary/aromatic N) is 1. The van der Waals surface area contributed by atoms with E-state index in [1.54, 1.807) is 0 Å².